The van der Waals surface area contributed by atoms with Gasteiger partial charge in [0.15, 0.2) is 0 Å². The number of carbonyl (C=O) groups excluding carboxylic acids is 2. The number of hydrogen-bond donors (Lipinski definition) is 3. The molecule has 3 aliphatic rings. The zero-order valence-corrected chi connectivity index (χ0v) is 25.4. The molecule has 2 fully saturated rings. The molecule has 212 valence electrons. The normalized spacial score (nSPS) is 28.1. The highest BCUT2D eigenvalue weighted by atomic mass is 28.4. The van der Waals surface area contributed by atoms with Crippen molar-refractivity contribution in [2.24, 2.45) is 0 Å². The molecule has 0 radical (unpaired) electrons. The molecule has 6 rings (SSSR count). The number of hydrogen-bond acceptors (Lipinski definition) is 5. The average Bonchev–Trinajstić information content (AvgIpc) is 3.54. The number of para-hydroxylation sites is 2. The van der Waals surface area contributed by atoms with Crippen LogP contribution in [0, 0.1) is 0 Å². The van der Waals surface area contributed by atoms with Gasteiger partial charge in [0.2, 0.25) is 20.3 Å². The van der Waals surface area contributed by atoms with Gasteiger partial charge in [0.05, 0.1) is 5.41 Å². The van der Waals surface area contributed by atoms with Crippen LogP contribution in [-0.2, 0) is 19.4 Å². The molecular formula is C31H40N4O4Si. The number of rotatable bonds is 6. The van der Waals surface area contributed by atoms with Crippen molar-refractivity contribution in [3.63, 3.8) is 0 Å². The Balaban J connectivity index is 1.53. The molecule has 1 aromatic heterocycles. The number of benzene rings is 2. The summed E-state index contributed by atoms with van der Waals surface area (Å²) in [4.78, 5) is 34.9. The molecule has 3 N–H and O–H groups in total. The van der Waals surface area contributed by atoms with Crippen LogP contribution in [0.15, 0.2) is 54.7 Å². The summed E-state index contributed by atoms with van der Waals surface area (Å²) in [5.41, 5.74) is 1.57. The lowest BCUT2D eigenvalue weighted by atomic mass is 9.71. The SMILES string of the molecule is CC(C)[Si](OC1C(=O)N2C3Nc4ccccc4C3(c3c[nH]c4ccccc34)CC2(O)C(=O)N1C)(C(C)C)C(C)C. The summed E-state index contributed by atoms with van der Waals surface area (Å²) in [6, 6.07) is 16.0. The Bertz CT molecular complexity index is 1480. The molecule has 0 saturated carbocycles. The molecule has 0 spiro atoms. The zero-order valence-electron chi connectivity index (χ0n) is 24.4. The summed E-state index contributed by atoms with van der Waals surface area (Å²) in [6.07, 6.45) is 0.234. The van der Waals surface area contributed by atoms with Crippen molar-refractivity contribution in [2.45, 2.75) is 88.1 Å². The Labute approximate surface area is 236 Å². The molecular weight excluding hydrogens is 520 g/mol. The summed E-state index contributed by atoms with van der Waals surface area (Å²) in [6.45, 7) is 12.9. The number of piperazine rings is 1. The highest BCUT2D eigenvalue weighted by Crippen LogP contribution is 2.60. The lowest BCUT2D eigenvalue weighted by Crippen LogP contribution is -2.72. The summed E-state index contributed by atoms with van der Waals surface area (Å²) < 4.78 is 6.94. The van der Waals surface area contributed by atoms with Crippen molar-refractivity contribution in [1.82, 2.24) is 14.8 Å². The zero-order chi connectivity index (χ0) is 28.8. The van der Waals surface area contributed by atoms with Crippen molar-refractivity contribution in [3.8, 4) is 0 Å². The Kier molecular flexibility index (Phi) is 6.04. The van der Waals surface area contributed by atoms with Crippen LogP contribution in [0.1, 0.15) is 59.1 Å². The number of aromatic amines is 1. The van der Waals surface area contributed by atoms with Crippen molar-refractivity contribution < 1.29 is 19.1 Å². The first kappa shape index (κ1) is 27.0. The highest BCUT2D eigenvalue weighted by Gasteiger charge is 2.72. The van der Waals surface area contributed by atoms with E-state index in [2.05, 4.69) is 51.8 Å². The van der Waals surface area contributed by atoms with Gasteiger partial charge in [0.1, 0.15) is 6.17 Å². The molecule has 40 heavy (non-hydrogen) atoms. The second kappa shape index (κ2) is 8.93. The van der Waals surface area contributed by atoms with Gasteiger partial charge in [-0.25, -0.2) is 0 Å². The smallest absolute Gasteiger partial charge is 0.278 e. The summed E-state index contributed by atoms with van der Waals surface area (Å²) in [5, 5.41) is 16.8. The van der Waals surface area contributed by atoms with Crippen LogP contribution >= 0.6 is 0 Å². The molecule has 2 aromatic carbocycles. The van der Waals surface area contributed by atoms with E-state index in [0.717, 1.165) is 27.7 Å². The third-order valence-electron chi connectivity index (χ3n) is 9.90. The van der Waals surface area contributed by atoms with E-state index in [1.54, 1.807) is 7.05 Å². The fourth-order valence-corrected chi connectivity index (χ4v) is 13.8. The fourth-order valence-electron chi connectivity index (χ4n) is 8.30. The first-order valence-electron chi connectivity index (χ1n) is 14.3. The Morgan fingerprint density at radius 1 is 0.950 bits per heavy atom. The van der Waals surface area contributed by atoms with Crippen LogP contribution < -0.4 is 5.32 Å². The number of nitrogens with one attached hydrogen (secondary N) is 2. The molecule has 4 unspecified atom stereocenters. The van der Waals surface area contributed by atoms with Crippen molar-refractivity contribution in [2.75, 3.05) is 12.4 Å². The minimum absolute atomic E-state index is 0.0409. The predicted molar refractivity (Wildman–Crippen MR) is 158 cm³/mol. The molecule has 4 heterocycles. The quantitative estimate of drug-likeness (QED) is 0.364. The maximum atomic E-state index is 14.6. The molecule has 3 aliphatic heterocycles. The number of carbonyl (C=O) groups is 2. The van der Waals surface area contributed by atoms with E-state index in [1.807, 2.05) is 54.7 Å². The molecule has 0 bridgehead atoms. The van der Waals surface area contributed by atoms with Crippen LogP contribution in [0.4, 0.5) is 5.69 Å². The van der Waals surface area contributed by atoms with Gasteiger partial charge in [0.25, 0.3) is 11.8 Å². The topological polar surface area (TPSA) is 97.9 Å². The monoisotopic (exact) mass is 560 g/mol. The van der Waals surface area contributed by atoms with Crippen molar-refractivity contribution >= 4 is 36.7 Å². The van der Waals surface area contributed by atoms with Gasteiger partial charge in [-0.05, 0) is 39.9 Å². The van der Waals surface area contributed by atoms with Crippen LogP contribution in [0.3, 0.4) is 0 Å². The van der Waals surface area contributed by atoms with Crippen LogP contribution in [-0.4, -0.2) is 65.2 Å². The van der Waals surface area contributed by atoms with E-state index in [-0.39, 0.29) is 29.0 Å². The van der Waals surface area contributed by atoms with Gasteiger partial charge in [-0.15, -0.1) is 0 Å². The molecule has 2 saturated heterocycles. The summed E-state index contributed by atoms with van der Waals surface area (Å²) in [5.74, 6) is -0.889. The van der Waals surface area contributed by atoms with Gasteiger partial charge >= 0.3 is 0 Å². The summed E-state index contributed by atoms with van der Waals surface area (Å²) >= 11 is 0. The maximum absolute atomic E-state index is 14.6. The van der Waals surface area contributed by atoms with Gasteiger partial charge in [-0.1, -0.05) is 77.9 Å². The standard InChI is InChI=1S/C31H40N4O4Si/c1-18(2)40(19(3)4,20(5)6)39-27-26(36)35-28-30(17-31(35,38)29(37)34(27)7,22-13-9-11-15-25(22)33-28)23-16-32-24-14-10-8-12-21(23)24/h8-16,18-20,27-28,32-33,38H,17H2,1-7H3. The Morgan fingerprint density at radius 3 is 2.25 bits per heavy atom. The first-order chi connectivity index (χ1) is 18.9. The van der Waals surface area contributed by atoms with Gasteiger partial charge in [-0.2, -0.15) is 0 Å². The molecule has 2 amide bonds. The van der Waals surface area contributed by atoms with Crippen molar-refractivity contribution in [3.05, 3.63) is 65.9 Å². The third kappa shape index (κ3) is 3.25. The second-order valence-electron chi connectivity index (χ2n) is 12.7. The number of anilines is 1. The lowest BCUT2D eigenvalue weighted by molar-refractivity contribution is -0.205. The van der Waals surface area contributed by atoms with Gasteiger partial charge in [-0.3, -0.25) is 14.5 Å². The minimum atomic E-state index is -2.55. The Hall–Kier alpha value is -3.14. The van der Waals surface area contributed by atoms with E-state index in [9.17, 15) is 14.7 Å². The van der Waals surface area contributed by atoms with E-state index in [0.29, 0.717) is 0 Å². The number of amides is 2. The molecule has 0 aliphatic carbocycles. The second-order valence-corrected chi connectivity index (χ2v) is 18.1. The van der Waals surface area contributed by atoms with Crippen LogP contribution in [0.2, 0.25) is 16.6 Å². The number of aliphatic hydroxyl groups is 1. The molecule has 9 heteroatoms. The van der Waals surface area contributed by atoms with E-state index in [1.165, 1.54) is 9.80 Å². The van der Waals surface area contributed by atoms with Crippen LogP contribution in [0.5, 0.6) is 0 Å². The van der Waals surface area contributed by atoms with E-state index in [4.69, 9.17) is 4.43 Å². The van der Waals surface area contributed by atoms with Crippen molar-refractivity contribution in [1.29, 1.82) is 0 Å². The maximum Gasteiger partial charge on any atom is 0.278 e. The molecule has 8 nitrogen and oxygen atoms in total. The van der Waals surface area contributed by atoms with Gasteiger partial charge in [0, 0.05) is 36.3 Å². The average molecular weight is 561 g/mol. The first-order valence-corrected chi connectivity index (χ1v) is 16.5. The predicted octanol–water partition coefficient (Wildman–Crippen LogP) is 5.12. The largest absolute Gasteiger partial charge is 0.389 e. The number of nitrogens with zero attached hydrogens (tertiary/aromatic N) is 2. The lowest BCUT2D eigenvalue weighted by Gasteiger charge is -2.51. The Morgan fingerprint density at radius 2 is 1.57 bits per heavy atom. The highest BCUT2D eigenvalue weighted by molar-refractivity contribution is 6.77. The number of fused-ring (bicyclic) bond motifs is 6. The van der Waals surface area contributed by atoms with Crippen LogP contribution in [0.25, 0.3) is 10.9 Å². The van der Waals surface area contributed by atoms with Gasteiger partial charge < -0.3 is 24.7 Å². The fraction of sp³-hybridized carbons (Fsp3) is 0.484. The molecule has 4 atom stereocenters. The number of likely N-dealkylation sites (N-methyl/N-ethyl adjacent to an activating group) is 1. The third-order valence-corrected chi connectivity index (χ3v) is 16.0. The number of aromatic nitrogens is 1. The van der Waals surface area contributed by atoms with E-state index >= 15 is 0 Å². The minimum Gasteiger partial charge on any atom is -0.389 e. The van der Waals surface area contributed by atoms with E-state index < -0.39 is 37.8 Å². The summed E-state index contributed by atoms with van der Waals surface area (Å²) in [7, 11) is -0.959. The number of H-pyrrole nitrogens is 1. The molecule has 3 aromatic rings.